The van der Waals surface area contributed by atoms with Crippen LogP contribution in [0.15, 0.2) is 24.3 Å². The van der Waals surface area contributed by atoms with Crippen LogP contribution in [0.2, 0.25) is 0 Å². The second kappa shape index (κ2) is 7.94. The SMILES string of the molecule is CCCNC(=O)NC(=O)CN1C(=O)N[C@](CC)(c2ccc(F)cc2)C1=O. The van der Waals surface area contributed by atoms with Gasteiger partial charge < -0.3 is 10.6 Å². The van der Waals surface area contributed by atoms with Gasteiger partial charge in [-0.15, -0.1) is 0 Å². The third kappa shape index (κ3) is 3.81. The maximum atomic E-state index is 13.2. The molecule has 1 fully saturated rings. The molecule has 0 spiro atoms. The van der Waals surface area contributed by atoms with Crippen LogP contribution in [0.4, 0.5) is 14.0 Å². The van der Waals surface area contributed by atoms with Crippen LogP contribution >= 0.6 is 0 Å². The summed E-state index contributed by atoms with van der Waals surface area (Å²) in [5.74, 6) is -1.88. The number of amides is 6. The van der Waals surface area contributed by atoms with Crippen molar-refractivity contribution in [3.63, 3.8) is 0 Å². The molecular formula is C17H21FN4O4. The first kappa shape index (κ1) is 19.4. The lowest BCUT2D eigenvalue weighted by Gasteiger charge is -2.25. The number of carbonyl (C=O) groups is 4. The molecule has 3 N–H and O–H groups in total. The van der Waals surface area contributed by atoms with E-state index in [9.17, 15) is 23.6 Å². The highest BCUT2D eigenvalue weighted by molar-refractivity contribution is 6.10. The molecule has 0 aliphatic carbocycles. The van der Waals surface area contributed by atoms with Crippen molar-refractivity contribution in [3.05, 3.63) is 35.6 Å². The zero-order valence-electron chi connectivity index (χ0n) is 14.6. The van der Waals surface area contributed by atoms with E-state index in [1.54, 1.807) is 6.92 Å². The summed E-state index contributed by atoms with van der Waals surface area (Å²) in [6, 6.07) is 3.78. The van der Waals surface area contributed by atoms with E-state index < -0.39 is 41.8 Å². The first-order valence-electron chi connectivity index (χ1n) is 8.32. The Kier molecular flexibility index (Phi) is 5.91. The van der Waals surface area contributed by atoms with Crippen molar-refractivity contribution in [2.24, 2.45) is 0 Å². The first-order valence-corrected chi connectivity index (χ1v) is 8.32. The van der Waals surface area contributed by atoms with Crippen LogP contribution in [-0.2, 0) is 15.1 Å². The summed E-state index contributed by atoms with van der Waals surface area (Å²) in [6.07, 6.45) is 0.920. The second-order valence-corrected chi connectivity index (χ2v) is 5.89. The third-order valence-electron chi connectivity index (χ3n) is 4.13. The quantitative estimate of drug-likeness (QED) is 0.660. The Morgan fingerprint density at radius 2 is 1.85 bits per heavy atom. The molecule has 0 aromatic heterocycles. The van der Waals surface area contributed by atoms with Gasteiger partial charge in [0.25, 0.3) is 5.91 Å². The van der Waals surface area contributed by atoms with Gasteiger partial charge in [-0.1, -0.05) is 26.0 Å². The van der Waals surface area contributed by atoms with E-state index in [1.165, 1.54) is 24.3 Å². The van der Waals surface area contributed by atoms with Crippen LogP contribution in [0.1, 0.15) is 32.3 Å². The summed E-state index contributed by atoms with van der Waals surface area (Å²) >= 11 is 0. The van der Waals surface area contributed by atoms with E-state index in [0.717, 1.165) is 4.90 Å². The standard InChI is InChI=1S/C17H21FN4O4/c1-3-9-19-15(25)20-13(23)10-22-14(24)17(4-2,21-16(22)26)11-5-7-12(18)8-6-11/h5-8H,3-4,9-10H2,1-2H3,(H,21,26)(H2,19,20,23,25)/t17-/m1/s1. The highest BCUT2D eigenvalue weighted by Gasteiger charge is 2.51. The fourth-order valence-corrected chi connectivity index (χ4v) is 2.74. The molecule has 0 bridgehead atoms. The maximum absolute atomic E-state index is 13.2. The average molecular weight is 364 g/mol. The number of imide groups is 2. The number of hydrogen-bond donors (Lipinski definition) is 3. The van der Waals surface area contributed by atoms with E-state index in [2.05, 4.69) is 16.0 Å². The highest BCUT2D eigenvalue weighted by Crippen LogP contribution is 2.32. The van der Waals surface area contributed by atoms with Gasteiger partial charge in [0.05, 0.1) is 0 Å². The van der Waals surface area contributed by atoms with Crippen molar-refractivity contribution in [3.8, 4) is 0 Å². The molecule has 1 aromatic rings. The Hall–Kier alpha value is -2.97. The Bertz CT molecular complexity index is 722. The van der Waals surface area contributed by atoms with E-state index >= 15 is 0 Å². The van der Waals surface area contributed by atoms with Gasteiger partial charge in [-0.2, -0.15) is 0 Å². The predicted octanol–water partition coefficient (Wildman–Crippen LogP) is 1.22. The lowest BCUT2D eigenvalue weighted by Crippen LogP contribution is -2.47. The lowest BCUT2D eigenvalue weighted by molar-refractivity contribution is -0.135. The number of carbonyl (C=O) groups excluding carboxylic acids is 4. The minimum atomic E-state index is -1.37. The summed E-state index contributed by atoms with van der Waals surface area (Å²) in [7, 11) is 0. The van der Waals surface area contributed by atoms with E-state index in [0.29, 0.717) is 18.5 Å². The number of hydrogen-bond acceptors (Lipinski definition) is 4. The van der Waals surface area contributed by atoms with E-state index in [-0.39, 0.29) is 6.42 Å². The van der Waals surface area contributed by atoms with Gasteiger partial charge in [0.15, 0.2) is 0 Å². The van der Waals surface area contributed by atoms with Crippen LogP contribution in [0.3, 0.4) is 0 Å². The van der Waals surface area contributed by atoms with Crippen molar-refractivity contribution in [2.45, 2.75) is 32.2 Å². The molecule has 26 heavy (non-hydrogen) atoms. The molecule has 1 aromatic carbocycles. The summed E-state index contributed by atoms with van der Waals surface area (Å²) in [6.45, 7) is 3.36. The van der Waals surface area contributed by atoms with Gasteiger partial charge in [0, 0.05) is 6.54 Å². The molecule has 1 saturated heterocycles. The zero-order chi connectivity index (χ0) is 19.3. The molecule has 0 unspecified atom stereocenters. The average Bonchev–Trinajstić information content (AvgIpc) is 2.85. The summed E-state index contributed by atoms with van der Waals surface area (Å²) < 4.78 is 13.2. The zero-order valence-corrected chi connectivity index (χ0v) is 14.6. The Balaban J connectivity index is 2.13. The largest absolute Gasteiger partial charge is 0.338 e. The third-order valence-corrected chi connectivity index (χ3v) is 4.13. The smallest absolute Gasteiger partial charge is 0.325 e. The first-order chi connectivity index (χ1) is 12.3. The van der Waals surface area contributed by atoms with Crippen LogP contribution in [0.25, 0.3) is 0 Å². The van der Waals surface area contributed by atoms with Gasteiger partial charge in [-0.05, 0) is 30.5 Å². The highest BCUT2D eigenvalue weighted by atomic mass is 19.1. The van der Waals surface area contributed by atoms with Crippen molar-refractivity contribution in [2.75, 3.05) is 13.1 Å². The van der Waals surface area contributed by atoms with E-state index in [4.69, 9.17) is 0 Å². The molecular weight excluding hydrogens is 343 g/mol. The van der Waals surface area contributed by atoms with Crippen molar-refractivity contribution in [1.82, 2.24) is 20.9 Å². The fourth-order valence-electron chi connectivity index (χ4n) is 2.74. The second-order valence-electron chi connectivity index (χ2n) is 5.89. The Labute approximate surface area is 150 Å². The Morgan fingerprint density at radius 3 is 2.42 bits per heavy atom. The fraction of sp³-hybridized carbons (Fsp3) is 0.412. The van der Waals surface area contributed by atoms with Crippen LogP contribution in [-0.4, -0.2) is 41.9 Å². The van der Waals surface area contributed by atoms with Crippen molar-refractivity contribution >= 4 is 23.9 Å². The molecule has 0 saturated carbocycles. The monoisotopic (exact) mass is 364 g/mol. The van der Waals surface area contributed by atoms with Gasteiger partial charge in [0.2, 0.25) is 5.91 Å². The van der Waals surface area contributed by atoms with Crippen LogP contribution < -0.4 is 16.0 Å². The molecule has 8 nitrogen and oxygen atoms in total. The number of nitrogens with one attached hydrogen (secondary N) is 3. The normalized spacial score (nSPS) is 19.3. The van der Waals surface area contributed by atoms with Crippen molar-refractivity contribution in [1.29, 1.82) is 0 Å². The molecule has 1 heterocycles. The molecule has 1 aliphatic rings. The molecule has 1 atom stereocenters. The van der Waals surface area contributed by atoms with Gasteiger partial charge in [0.1, 0.15) is 17.9 Å². The van der Waals surface area contributed by atoms with Gasteiger partial charge in [-0.25, -0.2) is 14.0 Å². The molecule has 9 heteroatoms. The van der Waals surface area contributed by atoms with Gasteiger partial charge in [-0.3, -0.25) is 19.8 Å². The van der Waals surface area contributed by atoms with Gasteiger partial charge >= 0.3 is 12.1 Å². The molecule has 0 radical (unpaired) electrons. The van der Waals surface area contributed by atoms with Crippen molar-refractivity contribution < 1.29 is 23.6 Å². The summed E-state index contributed by atoms with van der Waals surface area (Å²) in [5.41, 5.74) is -0.946. The van der Waals surface area contributed by atoms with Crippen LogP contribution in [0, 0.1) is 5.82 Å². The topological polar surface area (TPSA) is 108 Å². The van der Waals surface area contributed by atoms with Crippen LogP contribution in [0.5, 0.6) is 0 Å². The van der Waals surface area contributed by atoms with E-state index in [1.807, 2.05) is 6.92 Å². The Morgan fingerprint density at radius 1 is 1.19 bits per heavy atom. The summed E-state index contributed by atoms with van der Waals surface area (Å²) in [4.78, 5) is 49.2. The molecule has 6 amide bonds. The minimum absolute atomic E-state index is 0.221. The number of nitrogens with zero attached hydrogens (tertiary/aromatic N) is 1. The number of benzene rings is 1. The lowest BCUT2D eigenvalue weighted by atomic mass is 9.87. The number of halogens is 1. The number of rotatable bonds is 6. The molecule has 1 aliphatic heterocycles. The summed E-state index contributed by atoms with van der Waals surface area (Å²) in [5, 5.41) is 7.10. The number of urea groups is 2. The predicted molar refractivity (Wildman–Crippen MR) is 90.4 cm³/mol. The molecule has 140 valence electrons. The minimum Gasteiger partial charge on any atom is -0.338 e. The maximum Gasteiger partial charge on any atom is 0.325 e. The molecule has 2 rings (SSSR count).